The molecule has 1 aliphatic rings. The first-order valence-electron chi connectivity index (χ1n) is 7.40. The van der Waals surface area contributed by atoms with Crippen molar-refractivity contribution in [3.05, 3.63) is 23.8 Å². The smallest absolute Gasteiger partial charge is 0.341 e. The van der Waals surface area contributed by atoms with Gasteiger partial charge in [0.15, 0.2) is 0 Å². The number of rotatable bonds is 5. The maximum Gasteiger partial charge on any atom is 0.341 e. The lowest BCUT2D eigenvalue weighted by molar-refractivity contribution is 0.0520. The molecule has 0 atom stereocenters. The number of anilines is 1. The number of ether oxygens (including phenoxy) is 2. The summed E-state index contributed by atoms with van der Waals surface area (Å²) >= 11 is 0. The lowest BCUT2D eigenvalue weighted by atomic mass is 9.90. The molecular weight excluding hydrogens is 254 g/mol. The van der Waals surface area contributed by atoms with E-state index in [1.807, 2.05) is 0 Å². The third kappa shape index (κ3) is 3.89. The number of nitrogens with two attached hydrogens (primary N) is 1. The van der Waals surface area contributed by atoms with Crippen molar-refractivity contribution < 1.29 is 14.3 Å². The van der Waals surface area contributed by atoms with Crippen LogP contribution in [0, 0.1) is 5.92 Å². The quantitative estimate of drug-likeness (QED) is 0.662. The molecule has 0 bridgehead atoms. The lowest BCUT2D eigenvalue weighted by Crippen LogP contribution is -2.17. The number of benzene rings is 1. The van der Waals surface area contributed by atoms with Crippen molar-refractivity contribution in [3.8, 4) is 5.75 Å². The van der Waals surface area contributed by atoms with Gasteiger partial charge in [0.1, 0.15) is 11.3 Å². The van der Waals surface area contributed by atoms with E-state index in [-0.39, 0.29) is 5.97 Å². The Balaban J connectivity index is 2.03. The molecule has 0 aliphatic heterocycles. The van der Waals surface area contributed by atoms with Gasteiger partial charge in [0.2, 0.25) is 0 Å². The third-order valence-corrected chi connectivity index (χ3v) is 3.70. The first-order chi connectivity index (χ1) is 9.70. The van der Waals surface area contributed by atoms with Gasteiger partial charge in [-0.05, 0) is 43.9 Å². The molecule has 0 radical (unpaired) electrons. The minimum absolute atomic E-state index is 0.343. The summed E-state index contributed by atoms with van der Waals surface area (Å²) in [7, 11) is 0. The standard InChI is InChI=1S/C16H23NO3/c1-2-19-16(18)14-10-13(17)8-9-15(14)20-11-12-6-4-3-5-7-12/h8-10,12H,2-7,11,17H2,1H3. The molecule has 20 heavy (non-hydrogen) atoms. The molecule has 4 heteroatoms. The number of nitrogen functional groups attached to an aromatic ring is 1. The topological polar surface area (TPSA) is 61.5 Å². The Bertz CT molecular complexity index is 453. The van der Waals surface area contributed by atoms with Gasteiger partial charge in [0.05, 0.1) is 13.2 Å². The molecule has 2 rings (SSSR count). The van der Waals surface area contributed by atoms with Gasteiger partial charge in [-0.15, -0.1) is 0 Å². The van der Waals surface area contributed by atoms with Gasteiger partial charge in [-0.3, -0.25) is 0 Å². The average molecular weight is 277 g/mol. The molecule has 1 aromatic carbocycles. The molecule has 0 unspecified atom stereocenters. The van der Waals surface area contributed by atoms with Gasteiger partial charge < -0.3 is 15.2 Å². The van der Waals surface area contributed by atoms with Crippen LogP contribution in [0.25, 0.3) is 0 Å². The highest BCUT2D eigenvalue weighted by Gasteiger charge is 2.18. The Morgan fingerprint density at radius 1 is 1.30 bits per heavy atom. The molecule has 0 saturated heterocycles. The fourth-order valence-electron chi connectivity index (χ4n) is 2.60. The van der Waals surface area contributed by atoms with Crippen molar-refractivity contribution in [2.45, 2.75) is 39.0 Å². The molecule has 0 heterocycles. The number of hydrogen-bond acceptors (Lipinski definition) is 4. The third-order valence-electron chi connectivity index (χ3n) is 3.70. The van der Waals surface area contributed by atoms with E-state index in [4.69, 9.17) is 15.2 Å². The average Bonchev–Trinajstić information content (AvgIpc) is 2.47. The van der Waals surface area contributed by atoms with Gasteiger partial charge in [0.25, 0.3) is 0 Å². The minimum atomic E-state index is -0.376. The Labute approximate surface area is 120 Å². The summed E-state index contributed by atoms with van der Waals surface area (Å²) < 4.78 is 10.9. The second kappa shape index (κ2) is 7.17. The zero-order valence-electron chi connectivity index (χ0n) is 12.1. The highest BCUT2D eigenvalue weighted by Crippen LogP contribution is 2.27. The van der Waals surface area contributed by atoms with E-state index >= 15 is 0 Å². The monoisotopic (exact) mass is 277 g/mol. The van der Waals surface area contributed by atoms with E-state index in [0.29, 0.717) is 36.1 Å². The Morgan fingerprint density at radius 3 is 2.75 bits per heavy atom. The van der Waals surface area contributed by atoms with Gasteiger partial charge in [-0.2, -0.15) is 0 Å². The van der Waals surface area contributed by atoms with Gasteiger partial charge >= 0.3 is 5.97 Å². The lowest BCUT2D eigenvalue weighted by Gasteiger charge is -2.22. The zero-order chi connectivity index (χ0) is 14.4. The minimum Gasteiger partial charge on any atom is -0.492 e. The zero-order valence-corrected chi connectivity index (χ0v) is 12.1. The molecule has 0 spiro atoms. The Kier molecular flexibility index (Phi) is 5.27. The molecule has 4 nitrogen and oxygen atoms in total. The molecule has 2 N–H and O–H groups in total. The first kappa shape index (κ1) is 14.7. The summed E-state index contributed by atoms with van der Waals surface area (Å²) in [6.45, 7) is 2.79. The number of carbonyl (C=O) groups excluding carboxylic acids is 1. The van der Waals surface area contributed by atoms with Crippen LogP contribution in [-0.4, -0.2) is 19.2 Å². The van der Waals surface area contributed by atoms with Crippen LogP contribution in [0.4, 0.5) is 5.69 Å². The van der Waals surface area contributed by atoms with Crippen molar-refractivity contribution >= 4 is 11.7 Å². The maximum absolute atomic E-state index is 11.9. The maximum atomic E-state index is 11.9. The summed E-state index contributed by atoms with van der Waals surface area (Å²) in [6, 6.07) is 5.12. The molecule has 1 aromatic rings. The van der Waals surface area contributed by atoms with E-state index < -0.39 is 0 Å². The fraction of sp³-hybridized carbons (Fsp3) is 0.562. The molecule has 1 fully saturated rings. The van der Waals surface area contributed by atoms with E-state index in [0.717, 1.165) is 0 Å². The van der Waals surface area contributed by atoms with Crippen LogP contribution in [0.2, 0.25) is 0 Å². The predicted octanol–water partition coefficient (Wildman–Crippen LogP) is 3.40. The Hall–Kier alpha value is -1.71. The highest BCUT2D eigenvalue weighted by molar-refractivity contribution is 5.93. The van der Waals surface area contributed by atoms with E-state index in [1.165, 1.54) is 32.1 Å². The molecule has 0 aromatic heterocycles. The van der Waals surface area contributed by atoms with Crippen molar-refractivity contribution in [2.75, 3.05) is 18.9 Å². The molecule has 1 aliphatic carbocycles. The second-order valence-corrected chi connectivity index (χ2v) is 5.29. The summed E-state index contributed by atoms with van der Waals surface area (Å²) in [6.07, 6.45) is 6.31. The molecule has 0 amide bonds. The van der Waals surface area contributed by atoms with Crippen molar-refractivity contribution in [1.82, 2.24) is 0 Å². The van der Waals surface area contributed by atoms with Crippen LogP contribution in [0.1, 0.15) is 49.4 Å². The molecular formula is C16H23NO3. The first-order valence-corrected chi connectivity index (χ1v) is 7.40. The normalized spacial score (nSPS) is 15.8. The molecule has 110 valence electrons. The van der Waals surface area contributed by atoms with Crippen LogP contribution >= 0.6 is 0 Å². The Morgan fingerprint density at radius 2 is 2.05 bits per heavy atom. The molecule has 1 saturated carbocycles. The van der Waals surface area contributed by atoms with Crippen molar-refractivity contribution in [2.24, 2.45) is 5.92 Å². The van der Waals surface area contributed by atoms with E-state index in [9.17, 15) is 4.79 Å². The van der Waals surface area contributed by atoms with E-state index in [1.54, 1.807) is 25.1 Å². The van der Waals surface area contributed by atoms with Gasteiger partial charge in [-0.1, -0.05) is 19.3 Å². The van der Waals surface area contributed by atoms with E-state index in [2.05, 4.69) is 0 Å². The predicted molar refractivity (Wildman–Crippen MR) is 78.9 cm³/mol. The SMILES string of the molecule is CCOC(=O)c1cc(N)ccc1OCC1CCCCC1. The van der Waals surface area contributed by atoms with Crippen LogP contribution in [0.5, 0.6) is 5.75 Å². The van der Waals surface area contributed by atoms with Crippen LogP contribution in [-0.2, 0) is 4.74 Å². The second-order valence-electron chi connectivity index (χ2n) is 5.29. The summed E-state index contributed by atoms with van der Waals surface area (Å²) in [5, 5.41) is 0. The number of carbonyl (C=O) groups is 1. The fourth-order valence-corrected chi connectivity index (χ4v) is 2.60. The largest absolute Gasteiger partial charge is 0.492 e. The van der Waals surface area contributed by atoms with Gasteiger partial charge in [-0.25, -0.2) is 4.79 Å². The van der Waals surface area contributed by atoms with Gasteiger partial charge in [0, 0.05) is 5.69 Å². The van der Waals surface area contributed by atoms with Crippen molar-refractivity contribution in [1.29, 1.82) is 0 Å². The van der Waals surface area contributed by atoms with Crippen LogP contribution in [0.15, 0.2) is 18.2 Å². The van der Waals surface area contributed by atoms with Crippen LogP contribution in [0.3, 0.4) is 0 Å². The van der Waals surface area contributed by atoms with Crippen molar-refractivity contribution in [3.63, 3.8) is 0 Å². The summed E-state index contributed by atoms with van der Waals surface area (Å²) in [4.78, 5) is 11.9. The number of esters is 1. The summed E-state index contributed by atoms with van der Waals surface area (Å²) in [5.74, 6) is 0.790. The van der Waals surface area contributed by atoms with Crippen LogP contribution < -0.4 is 10.5 Å². The number of hydrogen-bond donors (Lipinski definition) is 1. The summed E-state index contributed by atoms with van der Waals surface area (Å²) in [5.41, 5.74) is 6.70. The highest BCUT2D eigenvalue weighted by atomic mass is 16.5.